The van der Waals surface area contributed by atoms with Crippen LogP contribution < -0.4 is 5.73 Å². The Balaban J connectivity index is 2.11. The smallest absolute Gasteiger partial charge is 0.341 e. The third-order valence-corrected chi connectivity index (χ3v) is 4.54. The molecule has 1 saturated carbocycles. The maximum atomic E-state index is 11.7. The van der Waals surface area contributed by atoms with Crippen molar-refractivity contribution in [1.82, 2.24) is 4.90 Å². The van der Waals surface area contributed by atoms with Gasteiger partial charge in [-0.1, -0.05) is 19.8 Å². The van der Waals surface area contributed by atoms with E-state index in [1.54, 1.807) is 12.3 Å². The Morgan fingerprint density at radius 3 is 2.90 bits per heavy atom. The second-order valence-corrected chi connectivity index (χ2v) is 5.66. The summed E-state index contributed by atoms with van der Waals surface area (Å²) in [4.78, 5) is 14.1. The number of nitrogens with two attached hydrogens (primary N) is 1. The molecule has 0 aliphatic heterocycles. The summed E-state index contributed by atoms with van der Waals surface area (Å²) in [5.74, 6) is 0.883. The van der Waals surface area contributed by atoms with E-state index in [1.807, 2.05) is 0 Å². The first-order valence-corrected chi connectivity index (χ1v) is 7.80. The highest BCUT2D eigenvalue weighted by Crippen LogP contribution is 2.29. The van der Waals surface area contributed by atoms with Crippen LogP contribution >= 0.6 is 0 Å². The minimum atomic E-state index is -0.339. The van der Waals surface area contributed by atoms with Gasteiger partial charge in [0.25, 0.3) is 0 Å². The first-order chi connectivity index (χ1) is 10.2. The SMILES string of the molecule is CCN(Cc1occc1C(=O)OC)C1CCCCC1CN. The summed E-state index contributed by atoms with van der Waals surface area (Å²) < 4.78 is 10.3. The summed E-state index contributed by atoms with van der Waals surface area (Å²) in [6, 6.07) is 2.15. The topological polar surface area (TPSA) is 68.7 Å². The molecule has 1 aliphatic rings. The molecule has 1 aromatic heterocycles. The third kappa shape index (κ3) is 3.66. The van der Waals surface area contributed by atoms with E-state index < -0.39 is 0 Å². The van der Waals surface area contributed by atoms with Gasteiger partial charge in [0.15, 0.2) is 0 Å². The Morgan fingerprint density at radius 1 is 1.48 bits per heavy atom. The third-order valence-electron chi connectivity index (χ3n) is 4.54. The molecule has 0 saturated heterocycles. The fraction of sp³-hybridized carbons (Fsp3) is 0.688. The van der Waals surface area contributed by atoms with Crippen LogP contribution in [0, 0.1) is 5.92 Å². The average Bonchev–Trinajstić information content (AvgIpc) is 3.00. The van der Waals surface area contributed by atoms with Gasteiger partial charge < -0.3 is 14.9 Å². The van der Waals surface area contributed by atoms with Crippen LogP contribution in [0.25, 0.3) is 0 Å². The fourth-order valence-corrected chi connectivity index (χ4v) is 3.35. The van der Waals surface area contributed by atoms with Crippen LogP contribution in [0.1, 0.15) is 48.7 Å². The van der Waals surface area contributed by atoms with Gasteiger partial charge >= 0.3 is 5.97 Å². The maximum absolute atomic E-state index is 11.7. The van der Waals surface area contributed by atoms with E-state index in [-0.39, 0.29) is 5.97 Å². The molecular formula is C16H26N2O3. The molecule has 0 spiro atoms. The van der Waals surface area contributed by atoms with Crippen LogP contribution in [0.2, 0.25) is 0 Å². The number of ether oxygens (including phenoxy) is 1. The van der Waals surface area contributed by atoms with E-state index in [2.05, 4.69) is 11.8 Å². The second-order valence-electron chi connectivity index (χ2n) is 5.66. The lowest BCUT2D eigenvalue weighted by molar-refractivity contribution is 0.0590. The Kier molecular flexibility index (Phi) is 5.82. The molecule has 2 unspecified atom stereocenters. The number of hydrogen-bond acceptors (Lipinski definition) is 5. The molecule has 2 N–H and O–H groups in total. The number of rotatable bonds is 6. The van der Waals surface area contributed by atoms with Crippen molar-refractivity contribution in [3.63, 3.8) is 0 Å². The van der Waals surface area contributed by atoms with Crippen molar-refractivity contribution in [2.24, 2.45) is 11.7 Å². The van der Waals surface area contributed by atoms with Crippen LogP contribution in [-0.4, -0.2) is 37.1 Å². The van der Waals surface area contributed by atoms with Crippen LogP contribution in [0.3, 0.4) is 0 Å². The van der Waals surface area contributed by atoms with Crippen LogP contribution in [0.5, 0.6) is 0 Å². The van der Waals surface area contributed by atoms with E-state index >= 15 is 0 Å². The monoisotopic (exact) mass is 294 g/mol. The molecule has 0 amide bonds. The molecule has 21 heavy (non-hydrogen) atoms. The second kappa shape index (κ2) is 7.61. The van der Waals surface area contributed by atoms with Crippen LogP contribution in [-0.2, 0) is 11.3 Å². The molecule has 5 nitrogen and oxygen atoms in total. The summed E-state index contributed by atoms with van der Waals surface area (Å²) in [6.07, 6.45) is 6.43. The largest absolute Gasteiger partial charge is 0.467 e. The fourth-order valence-electron chi connectivity index (χ4n) is 3.35. The van der Waals surface area contributed by atoms with Crippen LogP contribution in [0.4, 0.5) is 0 Å². The highest BCUT2D eigenvalue weighted by atomic mass is 16.5. The predicted molar refractivity (Wildman–Crippen MR) is 80.9 cm³/mol. The van der Waals surface area contributed by atoms with Gasteiger partial charge in [0.2, 0.25) is 0 Å². The van der Waals surface area contributed by atoms with Crippen LogP contribution in [0.15, 0.2) is 16.7 Å². The molecule has 1 heterocycles. The van der Waals surface area contributed by atoms with Crippen molar-refractivity contribution in [3.8, 4) is 0 Å². The van der Waals surface area contributed by atoms with Gasteiger partial charge in [0.05, 0.1) is 19.9 Å². The number of hydrogen-bond donors (Lipinski definition) is 1. The molecule has 5 heteroatoms. The zero-order chi connectivity index (χ0) is 15.2. The molecule has 1 fully saturated rings. The van der Waals surface area contributed by atoms with Gasteiger partial charge in [-0.25, -0.2) is 4.79 Å². The van der Waals surface area contributed by atoms with E-state index in [0.29, 0.717) is 29.8 Å². The normalized spacial score (nSPS) is 22.5. The zero-order valence-corrected chi connectivity index (χ0v) is 13.0. The van der Waals surface area contributed by atoms with Crippen molar-refractivity contribution in [2.75, 3.05) is 20.2 Å². The molecule has 0 bridgehead atoms. The van der Waals surface area contributed by atoms with Gasteiger partial charge in [-0.2, -0.15) is 0 Å². The molecule has 2 rings (SSSR count). The minimum Gasteiger partial charge on any atom is -0.467 e. The molecule has 2 atom stereocenters. The number of carbonyl (C=O) groups is 1. The van der Waals surface area contributed by atoms with Gasteiger partial charge in [-0.3, -0.25) is 4.90 Å². The highest BCUT2D eigenvalue weighted by molar-refractivity contribution is 5.90. The number of nitrogens with zero attached hydrogens (tertiary/aromatic N) is 1. The molecule has 1 aliphatic carbocycles. The first-order valence-electron chi connectivity index (χ1n) is 7.80. The molecule has 1 aromatic rings. The molecular weight excluding hydrogens is 268 g/mol. The average molecular weight is 294 g/mol. The molecule has 0 radical (unpaired) electrons. The molecule has 118 valence electrons. The van der Waals surface area contributed by atoms with E-state index in [9.17, 15) is 4.79 Å². The van der Waals surface area contributed by atoms with Crippen molar-refractivity contribution in [2.45, 2.75) is 45.2 Å². The standard InChI is InChI=1S/C16H26N2O3/c1-3-18(14-7-5-4-6-12(14)10-17)11-15-13(8-9-21-15)16(19)20-2/h8-9,12,14H,3-7,10-11,17H2,1-2H3. The van der Waals surface area contributed by atoms with Gasteiger partial charge in [0, 0.05) is 6.04 Å². The number of methoxy groups -OCH3 is 1. The predicted octanol–water partition coefficient (Wildman–Crippen LogP) is 2.41. The lowest BCUT2D eigenvalue weighted by Crippen LogP contribution is -2.44. The van der Waals surface area contributed by atoms with Crippen molar-refractivity contribution < 1.29 is 13.9 Å². The zero-order valence-electron chi connectivity index (χ0n) is 13.0. The maximum Gasteiger partial charge on any atom is 0.341 e. The minimum absolute atomic E-state index is 0.339. The quantitative estimate of drug-likeness (QED) is 0.816. The van der Waals surface area contributed by atoms with Crippen molar-refractivity contribution in [3.05, 3.63) is 23.7 Å². The lowest BCUT2D eigenvalue weighted by Gasteiger charge is -2.38. The lowest BCUT2D eigenvalue weighted by atomic mass is 9.83. The number of esters is 1. The van der Waals surface area contributed by atoms with E-state index in [1.165, 1.54) is 32.8 Å². The summed E-state index contributed by atoms with van der Waals surface area (Å²) in [5.41, 5.74) is 6.46. The van der Waals surface area contributed by atoms with Gasteiger partial charge in [-0.15, -0.1) is 0 Å². The Labute approximate surface area is 126 Å². The summed E-state index contributed by atoms with van der Waals surface area (Å²) in [6.45, 7) is 4.42. The molecule has 0 aromatic carbocycles. The highest BCUT2D eigenvalue weighted by Gasteiger charge is 2.30. The van der Waals surface area contributed by atoms with Crippen molar-refractivity contribution in [1.29, 1.82) is 0 Å². The van der Waals surface area contributed by atoms with E-state index in [0.717, 1.165) is 13.1 Å². The number of carbonyl (C=O) groups excluding carboxylic acids is 1. The van der Waals surface area contributed by atoms with Gasteiger partial charge in [0.1, 0.15) is 11.3 Å². The van der Waals surface area contributed by atoms with Gasteiger partial charge in [-0.05, 0) is 37.9 Å². The first kappa shape index (κ1) is 16.0. The summed E-state index contributed by atoms with van der Waals surface area (Å²) >= 11 is 0. The Bertz CT molecular complexity index is 458. The van der Waals surface area contributed by atoms with E-state index in [4.69, 9.17) is 14.9 Å². The Morgan fingerprint density at radius 2 is 2.24 bits per heavy atom. The summed E-state index contributed by atoms with van der Waals surface area (Å²) in [5, 5.41) is 0. The Hall–Kier alpha value is -1.33. The number of furan rings is 1. The van der Waals surface area contributed by atoms with Crippen molar-refractivity contribution >= 4 is 5.97 Å². The summed E-state index contributed by atoms with van der Waals surface area (Å²) in [7, 11) is 1.39.